The van der Waals surface area contributed by atoms with Crippen LogP contribution < -0.4 is 10.6 Å². The zero-order valence-electron chi connectivity index (χ0n) is 16.2. The van der Waals surface area contributed by atoms with Crippen LogP contribution in [0.1, 0.15) is 31.2 Å². The molecule has 7 heteroatoms. The molecule has 29 heavy (non-hydrogen) atoms. The van der Waals surface area contributed by atoms with Gasteiger partial charge in [0.25, 0.3) is 0 Å². The lowest BCUT2D eigenvalue weighted by Gasteiger charge is -2.32. The number of halogens is 2. The molecule has 3 rings (SSSR count). The van der Waals surface area contributed by atoms with Gasteiger partial charge in [0, 0.05) is 31.7 Å². The molecule has 0 saturated carbocycles. The van der Waals surface area contributed by atoms with E-state index < -0.39 is 5.82 Å². The van der Waals surface area contributed by atoms with Gasteiger partial charge in [0.05, 0.1) is 0 Å². The van der Waals surface area contributed by atoms with Crippen molar-refractivity contribution in [2.75, 3.05) is 18.4 Å². The van der Waals surface area contributed by atoms with E-state index in [0.29, 0.717) is 38.2 Å². The Balaban J connectivity index is 1.41. The van der Waals surface area contributed by atoms with Gasteiger partial charge in [-0.25, -0.2) is 13.6 Å². The number of urea groups is 1. The predicted octanol–water partition coefficient (Wildman–Crippen LogP) is 4.31. The topological polar surface area (TPSA) is 61.4 Å². The van der Waals surface area contributed by atoms with Gasteiger partial charge in [-0.1, -0.05) is 18.2 Å². The third-order valence-electron chi connectivity index (χ3n) is 5.06. The summed E-state index contributed by atoms with van der Waals surface area (Å²) in [6, 6.07) is 11.6. The number of rotatable bonds is 6. The summed E-state index contributed by atoms with van der Waals surface area (Å²) < 4.78 is 26.2. The van der Waals surface area contributed by atoms with Crippen molar-refractivity contribution in [2.24, 2.45) is 5.92 Å². The minimum Gasteiger partial charge on any atom is -0.352 e. The lowest BCUT2D eigenvalue weighted by molar-refractivity contribution is -0.121. The molecule has 1 aliphatic rings. The van der Waals surface area contributed by atoms with Gasteiger partial charge in [0.15, 0.2) is 0 Å². The number of hydrogen-bond acceptors (Lipinski definition) is 2. The Morgan fingerprint density at radius 2 is 1.86 bits per heavy atom. The Hall–Kier alpha value is -2.96. The molecule has 154 valence electrons. The molecule has 0 aliphatic carbocycles. The fraction of sp³-hybridized carbons (Fsp3) is 0.364. The van der Waals surface area contributed by atoms with E-state index in [2.05, 4.69) is 10.6 Å². The Bertz CT molecular complexity index is 842. The van der Waals surface area contributed by atoms with E-state index in [4.69, 9.17) is 0 Å². The molecule has 1 aliphatic heterocycles. The minimum atomic E-state index is -0.397. The van der Waals surface area contributed by atoms with Crippen molar-refractivity contribution < 1.29 is 18.4 Å². The van der Waals surface area contributed by atoms with Gasteiger partial charge in [0.1, 0.15) is 11.6 Å². The van der Waals surface area contributed by atoms with Gasteiger partial charge >= 0.3 is 6.03 Å². The number of nitrogens with zero attached hydrogens (tertiary/aromatic N) is 1. The summed E-state index contributed by atoms with van der Waals surface area (Å²) in [4.78, 5) is 26.3. The zero-order valence-corrected chi connectivity index (χ0v) is 16.2. The van der Waals surface area contributed by atoms with E-state index in [1.807, 2.05) is 0 Å². The highest BCUT2D eigenvalue weighted by Crippen LogP contribution is 2.22. The lowest BCUT2D eigenvalue weighted by atomic mass is 9.93. The average molecular weight is 401 g/mol. The van der Waals surface area contributed by atoms with Crippen LogP contribution in [0.4, 0.5) is 19.3 Å². The van der Waals surface area contributed by atoms with Crippen LogP contribution in [0.25, 0.3) is 0 Å². The number of carbonyl (C=O) groups is 2. The number of likely N-dealkylation sites (tertiary alicyclic amines) is 1. The highest BCUT2D eigenvalue weighted by Gasteiger charge is 2.24. The monoisotopic (exact) mass is 401 g/mol. The van der Waals surface area contributed by atoms with Crippen LogP contribution in [-0.4, -0.2) is 29.9 Å². The number of piperidine rings is 1. The fourth-order valence-electron chi connectivity index (χ4n) is 3.48. The fourth-order valence-corrected chi connectivity index (χ4v) is 3.48. The van der Waals surface area contributed by atoms with Gasteiger partial charge in [-0.05, 0) is 61.1 Å². The first-order valence-electron chi connectivity index (χ1n) is 9.82. The number of anilines is 1. The second-order valence-electron chi connectivity index (χ2n) is 7.34. The number of carbonyl (C=O) groups excluding carboxylic acids is 2. The van der Waals surface area contributed by atoms with Crippen LogP contribution in [0, 0.1) is 17.6 Å². The average Bonchev–Trinajstić information content (AvgIpc) is 2.72. The van der Waals surface area contributed by atoms with Crippen molar-refractivity contribution in [3.8, 4) is 0 Å². The maximum absolute atomic E-state index is 13.3. The molecule has 0 spiro atoms. The number of nitrogens with one attached hydrogen (secondary N) is 2. The molecule has 1 atom stereocenters. The highest BCUT2D eigenvalue weighted by molar-refractivity contribution is 5.89. The van der Waals surface area contributed by atoms with Crippen LogP contribution in [0.15, 0.2) is 48.5 Å². The van der Waals surface area contributed by atoms with E-state index in [-0.39, 0.29) is 23.7 Å². The second kappa shape index (κ2) is 10.0. The van der Waals surface area contributed by atoms with Crippen LogP contribution >= 0.6 is 0 Å². The highest BCUT2D eigenvalue weighted by atomic mass is 19.1. The summed E-state index contributed by atoms with van der Waals surface area (Å²) in [5.41, 5.74) is 1.27. The third kappa shape index (κ3) is 6.55. The van der Waals surface area contributed by atoms with Gasteiger partial charge in [-0.2, -0.15) is 0 Å². The summed E-state index contributed by atoms with van der Waals surface area (Å²) in [6.45, 7) is 1.59. The summed E-state index contributed by atoms with van der Waals surface area (Å²) in [5, 5.41) is 5.56. The van der Waals surface area contributed by atoms with E-state index in [1.165, 1.54) is 24.3 Å². The number of hydrogen-bond donors (Lipinski definition) is 2. The smallest absolute Gasteiger partial charge is 0.321 e. The Morgan fingerprint density at radius 1 is 1.07 bits per heavy atom. The molecule has 2 aromatic carbocycles. The Labute approximate surface area is 169 Å². The molecule has 1 saturated heterocycles. The third-order valence-corrected chi connectivity index (χ3v) is 5.06. The van der Waals surface area contributed by atoms with E-state index in [9.17, 15) is 18.4 Å². The van der Waals surface area contributed by atoms with Crippen molar-refractivity contribution in [3.05, 3.63) is 65.7 Å². The van der Waals surface area contributed by atoms with E-state index in [1.54, 1.807) is 29.2 Å². The molecule has 2 aromatic rings. The van der Waals surface area contributed by atoms with Crippen molar-refractivity contribution in [3.63, 3.8) is 0 Å². The zero-order chi connectivity index (χ0) is 20.6. The minimum absolute atomic E-state index is 0.0596. The van der Waals surface area contributed by atoms with Crippen molar-refractivity contribution in [1.82, 2.24) is 10.2 Å². The molecule has 0 bridgehead atoms. The van der Waals surface area contributed by atoms with Crippen LogP contribution in [0.3, 0.4) is 0 Å². The molecule has 2 N–H and O–H groups in total. The first-order chi connectivity index (χ1) is 14.0. The van der Waals surface area contributed by atoms with Gasteiger partial charge in [-0.15, -0.1) is 0 Å². The Morgan fingerprint density at radius 3 is 2.62 bits per heavy atom. The van der Waals surface area contributed by atoms with Crippen LogP contribution in [0.2, 0.25) is 0 Å². The quantitative estimate of drug-likeness (QED) is 0.758. The Kier molecular flexibility index (Phi) is 7.16. The molecule has 1 unspecified atom stereocenters. The summed E-state index contributed by atoms with van der Waals surface area (Å²) in [5.74, 6) is -0.511. The second-order valence-corrected chi connectivity index (χ2v) is 7.34. The van der Waals surface area contributed by atoms with Crippen LogP contribution in [0.5, 0.6) is 0 Å². The maximum atomic E-state index is 13.3. The molecular formula is C22H25F2N3O2. The number of benzene rings is 2. The standard InChI is InChI=1S/C22H25F2N3O2/c23-18-9-6-16(7-10-18)14-25-21(28)11-8-17-3-2-12-27(15-17)22(29)26-20-5-1-4-19(24)13-20/h1,4-7,9-10,13,17H,2-3,8,11-12,14-15H2,(H,25,28)(H,26,29). The lowest BCUT2D eigenvalue weighted by Crippen LogP contribution is -2.42. The molecular weight excluding hydrogens is 376 g/mol. The molecule has 1 heterocycles. The van der Waals surface area contributed by atoms with E-state index in [0.717, 1.165) is 18.4 Å². The molecule has 0 radical (unpaired) electrons. The molecule has 1 fully saturated rings. The van der Waals surface area contributed by atoms with Crippen molar-refractivity contribution in [1.29, 1.82) is 0 Å². The normalized spacial score (nSPS) is 16.3. The van der Waals surface area contributed by atoms with E-state index >= 15 is 0 Å². The number of amides is 3. The van der Waals surface area contributed by atoms with Crippen LogP contribution in [-0.2, 0) is 11.3 Å². The first kappa shape index (κ1) is 20.8. The SMILES string of the molecule is O=C(CCC1CCCN(C(=O)Nc2cccc(F)c2)C1)NCc1ccc(F)cc1. The largest absolute Gasteiger partial charge is 0.352 e. The maximum Gasteiger partial charge on any atom is 0.321 e. The van der Waals surface area contributed by atoms with Crippen molar-refractivity contribution >= 4 is 17.6 Å². The van der Waals surface area contributed by atoms with Crippen molar-refractivity contribution in [2.45, 2.75) is 32.2 Å². The summed E-state index contributed by atoms with van der Waals surface area (Å²) >= 11 is 0. The first-order valence-corrected chi connectivity index (χ1v) is 9.82. The molecule has 0 aromatic heterocycles. The molecule has 3 amide bonds. The molecule has 5 nitrogen and oxygen atoms in total. The van der Waals surface area contributed by atoms with Gasteiger partial charge in [0.2, 0.25) is 5.91 Å². The van der Waals surface area contributed by atoms with Gasteiger partial charge in [-0.3, -0.25) is 4.79 Å². The van der Waals surface area contributed by atoms with Gasteiger partial charge < -0.3 is 15.5 Å². The summed E-state index contributed by atoms with van der Waals surface area (Å²) in [6.07, 6.45) is 2.91. The summed E-state index contributed by atoms with van der Waals surface area (Å²) in [7, 11) is 0. The predicted molar refractivity (Wildman–Crippen MR) is 107 cm³/mol.